The molecule has 8 nitrogen and oxygen atoms in total. The van der Waals surface area contributed by atoms with Gasteiger partial charge in [-0.1, -0.05) is 45.0 Å². The van der Waals surface area contributed by atoms with Gasteiger partial charge in [-0.2, -0.15) is 4.31 Å². The zero-order valence-electron chi connectivity index (χ0n) is 19.0. The van der Waals surface area contributed by atoms with Crippen LogP contribution in [-0.4, -0.2) is 50.8 Å². The Kier molecular flexibility index (Phi) is 7.68. The summed E-state index contributed by atoms with van der Waals surface area (Å²) < 4.78 is 31.9. The zero-order chi connectivity index (χ0) is 24.1. The number of carbonyl (C=O) groups is 2. The molecule has 0 bridgehead atoms. The number of rotatable bonds is 5. The van der Waals surface area contributed by atoms with Crippen molar-refractivity contribution in [3.8, 4) is 0 Å². The van der Waals surface area contributed by atoms with E-state index < -0.39 is 21.8 Å². The molecule has 9 heteroatoms. The average molecular weight is 472 g/mol. The topological polar surface area (TPSA) is 105 Å². The first-order chi connectivity index (χ1) is 15.6. The van der Waals surface area contributed by atoms with Crippen molar-refractivity contribution >= 4 is 27.9 Å². The van der Waals surface area contributed by atoms with Crippen molar-refractivity contribution in [1.29, 1.82) is 0 Å². The first kappa shape index (κ1) is 24.6. The van der Waals surface area contributed by atoms with Crippen molar-refractivity contribution < 1.29 is 22.7 Å². The largest absolute Gasteiger partial charge is 0.379 e. The van der Waals surface area contributed by atoms with E-state index in [2.05, 4.69) is 31.6 Å². The number of hydrogen-bond donors (Lipinski definition) is 2. The highest BCUT2D eigenvalue weighted by atomic mass is 32.2. The van der Waals surface area contributed by atoms with Gasteiger partial charge in [0.15, 0.2) is 0 Å². The average Bonchev–Trinajstić information content (AvgIpc) is 2.81. The third-order valence-corrected chi connectivity index (χ3v) is 7.14. The molecular weight excluding hydrogens is 442 g/mol. The highest BCUT2D eigenvalue weighted by molar-refractivity contribution is 7.89. The summed E-state index contributed by atoms with van der Waals surface area (Å²) in [6, 6.07) is 13.4. The normalized spacial score (nSPS) is 15.4. The van der Waals surface area contributed by atoms with E-state index >= 15 is 0 Å². The third kappa shape index (κ3) is 6.50. The second-order valence-electron chi connectivity index (χ2n) is 8.69. The number of benzene rings is 2. The van der Waals surface area contributed by atoms with Gasteiger partial charge in [0.2, 0.25) is 10.0 Å². The smallest absolute Gasteiger partial charge is 0.269 e. The number of nitrogens with one attached hydrogen (secondary N) is 2. The molecule has 1 fully saturated rings. The second-order valence-corrected chi connectivity index (χ2v) is 10.6. The fraction of sp³-hybridized carbons (Fsp3) is 0.333. The first-order valence-corrected chi connectivity index (χ1v) is 12.1. The Bertz CT molecular complexity index is 1110. The molecule has 0 aromatic heterocycles. The zero-order valence-corrected chi connectivity index (χ0v) is 19.8. The van der Waals surface area contributed by atoms with E-state index in [1.165, 1.54) is 28.6 Å². The Labute approximate surface area is 194 Å². The molecule has 2 aromatic carbocycles. The van der Waals surface area contributed by atoms with Crippen LogP contribution in [-0.2, 0) is 25.0 Å². The summed E-state index contributed by atoms with van der Waals surface area (Å²) in [7, 11) is -3.56. The van der Waals surface area contributed by atoms with Crippen molar-refractivity contribution in [2.75, 3.05) is 26.3 Å². The minimum atomic E-state index is -3.56. The summed E-state index contributed by atoms with van der Waals surface area (Å²) in [6.45, 7) is 7.69. The van der Waals surface area contributed by atoms with Gasteiger partial charge in [0.1, 0.15) is 0 Å². The lowest BCUT2D eigenvalue weighted by Gasteiger charge is -2.26. The number of hydrogen-bond acceptors (Lipinski definition) is 5. The van der Waals surface area contributed by atoms with Gasteiger partial charge in [0.05, 0.1) is 18.1 Å². The first-order valence-electron chi connectivity index (χ1n) is 10.6. The van der Waals surface area contributed by atoms with Crippen LogP contribution in [0.2, 0.25) is 0 Å². The van der Waals surface area contributed by atoms with Gasteiger partial charge < -0.3 is 4.74 Å². The SMILES string of the molecule is CC(C)(C)c1ccc(C(=O)NNC(=O)/C=C/c2ccc(S(=O)(=O)N3CCOCC3)cc2)cc1. The molecule has 33 heavy (non-hydrogen) atoms. The number of sulfonamides is 1. The minimum absolute atomic E-state index is 0.0150. The summed E-state index contributed by atoms with van der Waals surface area (Å²) in [5, 5.41) is 0. The van der Waals surface area contributed by atoms with Crippen molar-refractivity contribution in [2.45, 2.75) is 31.1 Å². The maximum Gasteiger partial charge on any atom is 0.269 e. The maximum atomic E-state index is 12.6. The van der Waals surface area contributed by atoms with Crippen LogP contribution in [0.4, 0.5) is 0 Å². The highest BCUT2D eigenvalue weighted by Crippen LogP contribution is 2.22. The monoisotopic (exact) mass is 471 g/mol. The molecule has 1 heterocycles. The number of hydrazine groups is 1. The molecule has 176 valence electrons. The van der Waals surface area contributed by atoms with Crippen LogP contribution in [0.5, 0.6) is 0 Å². The number of amides is 2. The summed E-state index contributed by atoms with van der Waals surface area (Å²) >= 11 is 0. The fourth-order valence-corrected chi connectivity index (χ4v) is 4.62. The number of ether oxygens (including phenoxy) is 1. The Morgan fingerprint density at radius 3 is 2.12 bits per heavy atom. The van der Waals surface area contributed by atoms with Gasteiger partial charge in [-0.25, -0.2) is 8.42 Å². The summed E-state index contributed by atoms with van der Waals surface area (Å²) in [5.41, 5.74) is 6.88. The van der Waals surface area contributed by atoms with Crippen molar-refractivity contribution in [1.82, 2.24) is 15.2 Å². The van der Waals surface area contributed by atoms with Crippen LogP contribution in [0.1, 0.15) is 42.3 Å². The van der Waals surface area contributed by atoms with Gasteiger partial charge in [-0.15, -0.1) is 0 Å². The molecule has 1 aliphatic heterocycles. The lowest BCUT2D eigenvalue weighted by atomic mass is 9.87. The van der Waals surface area contributed by atoms with Crippen molar-refractivity contribution in [3.63, 3.8) is 0 Å². The maximum absolute atomic E-state index is 12.6. The molecule has 0 saturated carbocycles. The van der Waals surface area contributed by atoms with E-state index in [1.807, 2.05) is 12.1 Å². The number of nitrogens with zero attached hydrogens (tertiary/aromatic N) is 1. The van der Waals surface area contributed by atoms with E-state index in [1.54, 1.807) is 24.3 Å². The molecular formula is C24H29N3O5S. The molecule has 2 amide bonds. The quantitative estimate of drug-likeness (QED) is 0.515. The molecule has 1 saturated heterocycles. The van der Waals surface area contributed by atoms with E-state index in [4.69, 9.17) is 4.74 Å². The van der Waals surface area contributed by atoms with Gasteiger partial charge in [0.25, 0.3) is 11.8 Å². The summed E-state index contributed by atoms with van der Waals surface area (Å²) in [5.74, 6) is -0.936. The lowest BCUT2D eigenvalue weighted by Crippen LogP contribution is -2.40. The van der Waals surface area contributed by atoms with E-state index in [0.29, 0.717) is 37.4 Å². The predicted molar refractivity (Wildman–Crippen MR) is 126 cm³/mol. The highest BCUT2D eigenvalue weighted by Gasteiger charge is 2.26. The van der Waals surface area contributed by atoms with Crippen LogP contribution in [0.3, 0.4) is 0 Å². The molecule has 1 aliphatic rings. The van der Waals surface area contributed by atoms with Crippen LogP contribution in [0.25, 0.3) is 6.08 Å². The second kappa shape index (κ2) is 10.3. The molecule has 0 unspecified atom stereocenters. The van der Waals surface area contributed by atoms with Gasteiger partial charge in [-0.3, -0.25) is 20.4 Å². The summed E-state index contributed by atoms with van der Waals surface area (Å²) in [4.78, 5) is 24.5. The molecule has 3 rings (SSSR count). The summed E-state index contributed by atoms with van der Waals surface area (Å²) in [6.07, 6.45) is 2.79. The Morgan fingerprint density at radius 1 is 0.939 bits per heavy atom. The van der Waals surface area contributed by atoms with Crippen molar-refractivity contribution in [3.05, 3.63) is 71.3 Å². The number of carbonyl (C=O) groups excluding carboxylic acids is 2. The van der Waals surface area contributed by atoms with E-state index in [9.17, 15) is 18.0 Å². The Balaban J connectivity index is 1.53. The van der Waals surface area contributed by atoms with E-state index in [-0.39, 0.29) is 10.3 Å². The van der Waals surface area contributed by atoms with Gasteiger partial charge >= 0.3 is 0 Å². The lowest BCUT2D eigenvalue weighted by molar-refractivity contribution is -0.117. The molecule has 2 aromatic rings. The van der Waals surface area contributed by atoms with Crippen LogP contribution in [0.15, 0.2) is 59.5 Å². The fourth-order valence-electron chi connectivity index (χ4n) is 3.21. The van der Waals surface area contributed by atoms with Crippen LogP contribution < -0.4 is 10.9 Å². The molecule has 0 spiro atoms. The molecule has 0 aliphatic carbocycles. The minimum Gasteiger partial charge on any atom is -0.379 e. The predicted octanol–water partition coefficient (Wildman–Crippen LogP) is 2.48. The molecule has 2 N–H and O–H groups in total. The molecule has 0 atom stereocenters. The van der Waals surface area contributed by atoms with Crippen molar-refractivity contribution in [2.24, 2.45) is 0 Å². The Hall–Kier alpha value is -3.01. The van der Waals surface area contributed by atoms with Crippen LogP contribution >= 0.6 is 0 Å². The molecule has 0 radical (unpaired) electrons. The van der Waals surface area contributed by atoms with Gasteiger partial charge in [0, 0.05) is 24.7 Å². The van der Waals surface area contributed by atoms with Gasteiger partial charge in [-0.05, 0) is 46.9 Å². The van der Waals surface area contributed by atoms with Crippen LogP contribution in [0, 0.1) is 0 Å². The third-order valence-electron chi connectivity index (χ3n) is 5.23. The van der Waals surface area contributed by atoms with E-state index in [0.717, 1.165) is 5.56 Å². The Morgan fingerprint density at radius 2 is 1.55 bits per heavy atom. The standard InChI is InChI=1S/C24H29N3O5S/c1-24(2,3)20-9-7-19(8-10-20)23(29)26-25-22(28)13-6-18-4-11-21(12-5-18)33(30,31)27-14-16-32-17-15-27/h4-13H,14-17H2,1-3H3,(H,25,28)(H,26,29)/b13-6+. The number of morpholine rings is 1.